The Bertz CT molecular complexity index is 747. The summed E-state index contributed by atoms with van der Waals surface area (Å²) in [4.78, 5) is 22.0. The number of piperidine rings is 1. The number of rotatable bonds is 4. The molecule has 0 saturated carbocycles. The number of hydrogen-bond donors (Lipinski definition) is 3. The van der Waals surface area contributed by atoms with Crippen LogP contribution in [0.2, 0.25) is 0 Å². The minimum atomic E-state index is -0.526. The van der Waals surface area contributed by atoms with Crippen molar-refractivity contribution in [3.8, 4) is 0 Å². The molecule has 130 valence electrons. The number of fused-ring (bicyclic) bond motifs is 1. The number of aromatic amines is 1. The molecule has 3 rings (SSSR count). The number of carbonyl (C=O) groups excluding carboxylic acids is 1. The molecule has 1 fully saturated rings. The molecule has 8 heteroatoms. The molecule has 0 unspecified atom stereocenters. The van der Waals surface area contributed by atoms with Gasteiger partial charge in [0.15, 0.2) is 0 Å². The molecular formula is C16H22BrN5O2. The molecule has 1 saturated heterocycles. The molecule has 2 aromatic rings. The van der Waals surface area contributed by atoms with E-state index in [-0.39, 0.29) is 11.9 Å². The lowest BCUT2D eigenvalue weighted by Crippen LogP contribution is -2.43. The smallest absolute Gasteiger partial charge is 0.253 e. The summed E-state index contributed by atoms with van der Waals surface area (Å²) >= 11 is 3.60. The van der Waals surface area contributed by atoms with Gasteiger partial charge in [0.2, 0.25) is 0 Å². The molecule has 0 radical (unpaired) electrons. The monoisotopic (exact) mass is 395 g/mol. The van der Waals surface area contributed by atoms with Crippen LogP contribution in [0.3, 0.4) is 0 Å². The number of H-pyrrole nitrogens is 1. The van der Waals surface area contributed by atoms with Crippen molar-refractivity contribution in [1.29, 1.82) is 0 Å². The number of hydrogen-bond acceptors (Lipinski definition) is 5. The zero-order valence-electron chi connectivity index (χ0n) is 13.8. The maximum atomic E-state index is 12.2. The summed E-state index contributed by atoms with van der Waals surface area (Å²) in [6.07, 6.45) is 5.09. The van der Waals surface area contributed by atoms with Gasteiger partial charge in [0.05, 0.1) is 21.2 Å². The highest BCUT2D eigenvalue weighted by Crippen LogP contribution is 2.38. The van der Waals surface area contributed by atoms with E-state index in [1.807, 2.05) is 0 Å². The predicted molar refractivity (Wildman–Crippen MR) is 98.3 cm³/mol. The lowest BCUT2D eigenvalue weighted by molar-refractivity contribution is -0.124. The summed E-state index contributed by atoms with van der Waals surface area (Å²) in [6, 6.07) is 0.152. The van der Waals surface area contributed by atoms with E-state index in [1.165, 1.54) is 7.11 Å². The summed E-state index contributed by atoms with van der Waals surface area (Å²) in [5.74, 6) is -0.195. The Kier molecular flexibility index (Phi) is 5.07. The average Bonchev–Trinajstić information content (AvgIpc) is 2.96. The zero-order valence-corrected chi connectivity index (χ0v) is 15.4. The van der Waals surface area contributed by atoms with E-state index in [4.69, 9.17) is 10.5 Å². The number of nitrogens with one attached hydrogen (secondary N) is 2. The van der Waals surface area contributed by atoms with Crippen LogP contribution in [0, 0.1) is 0 Å². The van der Waals surface area contributed by atoms with Gasteiger partial charge in [-0.15, -0.1) is 0 Å². The largest absolute Gasteiger partial charge is 0.372 e. The fraction of sp³-hybridized carbons (Fsp3) is 0.500. The molecule has 2 aromatic heterocycles. The molecule has 4 N–H and O–H groups in total. The van der Waals surface area contributed by atoms with Crippen molar-refractivity contribution in [2.24, 2.45) is 5.73 Å². The van der Waals surface area contributed by atoms with E-state index in [1.54, 1.807) is 19.3 Å². The van der Waals surface area contributed by atoms with Crippen molar-refractivity contribution in [3.63, 3.8) is 0 Å². The van der Waals surface area contributed by atoms with E-state index in [0.29, 0.717) is 5.69 Å². The van der Waals surface area contributed by atoms with Crippen LogP contribution in [0.5, 0.6) is 0 Å². The number of aromatic nitrogens is 2. The van der Waals surface area contributed by atoms with Crippen LogP contribution < -0.4 is 16.0 Å². The third kappa shape index (κ3) is 3.26. The average molecular weight is 396 g/mol. The molecule has 1 aliphatic rings. The van der Waals surface area contributed by atoms with E-state index < -0.39 is 6.10 Å². The lowest BCUT2D eigenvalue weighted by Gasteiger charge is -2.33. The van der Waals surface area contributed by atoms with Crippen molar-refractivity contribution in [3.05, 3.63) is 16.9 Å². The number of anilines is 2. The number of carbonyl (C=O) groups is 1. The Labute approximate surface area is 149 Å². The first-order chi connectivity index (χ1) is 11.5. The highest BCUT2D eigenvalue weighted by molar-refractivity contribution is 9.10. The summed E-state index contributed by atoms with van der Waals surface area (Å²) in [5.41, 5.74) is 8.58. The minimum Gasteiger partial charge on any atom is -0.372 e. The molecule has 7 nitrogen and oxygen atoms in total. The molecule has 1 aliphatic heterocycles. The molecule has 1 amide bonds. The zero-order chi connectivity index (χ0) is 17.3. The van der Waals surface area contributed by atoms with Gasteiger partial charge in [-0.05, 0) is 35.7 Å². The van der Waals surface area contributed by atoms with E-state index in [9.17, 15) is 4.79 Å². The van der Waals surface area contributed by atoms with Gasteiger partial charge in [0.25, 0.3) is 5.91 Å². The Hall–Kier alpha value is -1.64. The van der Waals surface area contributed by atoms with Crippen LogP contribution >= 0.6 is 15.9 Å². The van der Waals surface area contributed by atoms with E-state index in [2.05, 4.69) is 36.1 Å². The van der Waals surface area contributed by atoms with Crippen molar-refractivity contribution >= 4 is 44.2 Å². The molecule has 24 heavy (non-hydrogen) atoms. The van der Waals surface area contributed by atoms with Crippen LogP contribution in [0.15, 0.2) is 16.9 Å². The van der Waals surface area contributed by atoms with Crippen LogP contribution in [-0.4, -0.2) is 48.2 Å². The molecule has 0 bridgehead atoms. The number of nitrogens with zero attached hydrogens (tertiary/aromatic N) is 2. The molecule has 0 aliphatic carbocycles. The second kappa shape index (κ2) is 7.08. The third-order valence-electron chi connectivity index (χ3n) is 4.38. The molecule has 0 spiro atoms. The molecular weight excluding hydrogens is 374 g/mol. The Morgan fingerprint density at radius 3 is 3.12 bits per heavy atom. The van der Waals surface area contributed by atoms with Crippen LogP contribution in [-0.2, 0) is 9.53 Å². The Morgan fingerprint density at radius 1 is 1.62 bits per heavy atom. The number of amides is 1. The van der Waals surface area contributed by atoms with Crippen molar-refractivity contribution in [2.45, 2.75) is 31.9 Å². The summed E-state index contributed by atoms with van der Waals surface area (Å²) in [6.45, 7) is 3.42. The molecule has 0 aromatic carbocycles. The third-order valence-corrected chi connectivity index (χ3v) is 4.96. The first-order valence-electron chi connectivity index (χ1n) is 8.01. The van der Waals surface area contributed by atoms with Crippen LogP contribution in [0.4, 0.5) is 11.4 Å². The van der Waals surface area contributed by atoms with Crippen molar-refractivity contribution in [1.82, 2.24) is 9.97 Å². The summed E-state index contributed by atoms with van der Waals surface area (Å²) in [7, 11) is 1.51. The summed E-state index contributed by atoms with van der Waals surface area (Å²) < 4.78 is 5.97. The fourth-order valence-electron chi connectivity index (χ4n) is 3.02. The second-order valence-electron chi connectivity index (χ2n) is 6.10. The second-order valence-corrected chi connectivity index (χ2v) is 6.95. The normalized spacial score (nSPS) is 19.5. The lowest BCUT2D eigenvalue weighted by atomic mass is 10.1. The van der Waals surface area contributed by atoms with Crippen molar-refractivity contribution in [2.75, 3.05) is 30.4 Å². The highest BCUT2D eigenvalue weighted by atomic mass is 79.9. The molecule has 3 heterocycles. The van der Waals surface area contributed by atoms with Gasteiger partial charge < -0.3 is 25.7 Å². The van der Waals surface area contributed by atoms with Gasteiger partial charge in [0, 0.05) is 38.6 Å². The maximum Gasteiger partial charge on any atom is 0.253 e. The van der Waals surface area contributed by atoms with Gasteiger partial charge >= 0.3 is 0 Å². The SMILES string of the molecule is CO[C@H](C)C(=O)Nc1c[nH]c2ncc(Br)c(N3CCC[C@@H](N)C3)c12. The topological polar surface area (TPSA) is 96.3 Å². The van der Waals surface area contributed by atoms with Gasteiger partial charge in [-0.1, -0.05) is 0 Å². The summed E-state index contributed by atoms with van der Waals surface area (Å²) in [5, 5.41) is 3.80. The number of methoxy groups -OCH3 is 1. The maximum absolute atomic E-state index is 12.2. The van der Waals surface area contributed by atoms with Crippen LogP contribution in [0.1, 0.15) is 19.8 Å². The Morgan fingerprint density at radius 2 is 2.42 bits per heavy atom. The quantitative estimate of drug-likeness (QED) is 0.737. The van der Waals surface area contributed by atoms with Gasteiger partial charge in [-0.25, -0.2) is 4.98 Å². The van der Waals surface area contributed by atoms with E-state index in [0.717, 1.165) is 47.1 Å². The van der Waals surface area contributed by atoms with Gasteiger partial charge in [-0.3, -0.25) is 4.79 Å². The molecule has 2 atom stereocenters. The predicted octanol–water partition coefficient (Wildman–Crippen LogP) is 2.23. The Balaban J connectivity index is 2.02. The number of ether oxygens (including phenoxy) is 1. The number of nitrogens with two attached hydrogens (primary N) is 1. The van der Waals surface area contributed by atoms with Gasteiger partial charge in [-0.2, -0.15) is 0 Å². The van der Waals surface area contributed by atoms with Crippen molar-refractivity contribution < 1.29 is 9.53 Å². The fourth-order valence-corrected chi connectivity index (χ4v) is 3.57. The van der Waals surface area contributed by atoms with E-state index >= 15 is 0 Å². The first kappa shape index (κ1) is 17.2. The van der Waals surface area contributed by atoms with Gasteiger partial charge in [0.1, 0.15) is 11.8 Å². The number of pyridine rings is 1. The number of halogens is 1. The minimum absolute atomic E-state index is 0.152. The van der Waals surface area contributed by atoms with Crippen LogP contribution in [0.25, 0.3) is 11.0 Å². The highest BCUT2D eigenvalue weighted by Gasteiger charge is 2.24. The standard InChI is InChI=1S/C16H22BrN5O2/c1-9(24-2)16(23)21-12-7-20-15-13(12)14(11(17)6-19-15)22-5-3-4-10(18)8-22/h6-7,9-10H,3-5,8,18H2,1-2H3,(H,19,20)(H,21,23)/t9-,10-/m1/s1. The first-order valence-corrected chi connectivity index (χ1v) is 8.80.